The summed E-state index contributed by atoms with van der Waals surface area (Å²) < 4.78 is 0.784. The van der Waals surface area contributed by atoms with Crippen molar-refractivity contribution in [1.29, 1.82) is 0 Å². The van der Waals surface area contributed by atoms with Gasteiger partial charge in [0.15, 0.2) is 0 Å². The average molecular weight is 443 g/mol. The summed E-state index contributed by atoms with van der Waals surface area (Å²) in [5.41, 5.74) is 3.02. The van der Waals surface area contributed by atoms with Crippen molar-refractivity contribution in [2.24, 2.45) is 5.10 Å². The molecular weight excluding hydrogens is 433 g/mol. The lowest BCUT2D eigenvalue weighted by molar-refractivity contribution is -0.384. The zero-order valence-corrected chi connectivity index (χ0v) is 16.7. The van der Waals surface area contributed by atoms with E-state index in [2.05, 4.69) is 10.5 Å². The van der Waals surface area contributed by atoms with Crippen molar-refractivity contribution in [3.63, 3.8) is 0 Å². The normalized spacial score (nSPS) is 11.6. The molecule has 0 aliphatic carbocycles. The fourth-order valence-corrected chi connectivity index (χ4v) is 4.18. The summed E-state index contributed by atoms with van der Waals surface area (Å²) in [5, 5.41) is 16.6. The average Bonchev–Trinajstić information content (AvgIpc) is 2.95. The summed E-state index contributed by atoms with van der Waals surface area (Å²) in [6.45, 7) is 1.61. The number of hydrazone groups is 1. The summed E-state index contributed by atoms with van der Waals surface area (Å²) in [4.78, 5) is 23.1. The quantitative estimate of drug-likeness (QED) is 0.309. The predicted molar refractivity (Wildman–Crippen MR) is 110 cm³/mol. The summed E-state index contributed by atoms with van der Waals surface area (Å²) >= 11 is 19.2. The second-order valence-electron chi connectivity index (χ2n) is 5.45. The van der Waals surface area contributed by atoms with Crippen LogP contribution in [0.1, 0.15) is 22.2 Å². The number of benzene rings is 2. The molecule has 3 aromatic rings. The zero-order valence-electron chi connectivity index (χ0n) is 13.6. The first-order chi connectivity index (χ1) is 12.8. The van der Waals surface area contributed by atoms with Crippen LogP contribution in [0.5, 0.6) is 0 Å². The minimum atomic E-state index is -0.584. The van der Waals surface area contributed by atoms with Gasteiger partial charge in [-0.2, -0.15) is 5.10 Å². The number of nitrogens with one attached hydrogen (secondary N) is 1. The van der Waals surface area contributed by atoms with E-state index in [1.165, 1.54) is 23.5 Å². The molecule has 10 heteroatoms. The van der Waals surface area contributed by atoms with Crippen molar-refractivity contribution in [1.82, 2.24) is 5.43 Å². The molecular formula is C17H10Cl3N3O3S. The third kappa shape index (κ3) is 4.06. The van der Waals surface area contributed by atoms with Gasteiger partial charge < -0.3 is 0 Å². The van der Waals surface area contributed by atoms with E-state index in [1.54, 1.807) is 31.2 Å². The van der Waals surface area contributed by atoms with Crippen LogP contribution in [0.4, 0.5) is 5.69 Å². The topological polar surface area (TPSA) is 84.6 Å². The Morgan fingerprint density at radius 2 is 1.93 bits per heavy atom. The highest BCUT2D eigenvalue weighted by molar-refractivity contribution is 7.21. The molecule has 3 rings (SSSR count). The molecule has 0 saturated heterocycles. The van der Waals surface area contributed by atoms with Crippen LogP contribution in [0.2, 0.25) is 15.1 Å². The molecule has 0 saturated carbocycles. The number of hydrogen-bond donors (Lipinski definition) is 1. The van der Waals surface area contributed by atoms with Crippen LogP contribution >= 0.6 is 46.1 Å². The molecule has 0 unspecified atom stereocenters. The monoisotopic (exact) mass is 441 g/mol. The van der Waals surface area contributed by atoms with Crippen molar-refractivity contribution in [2.45, 2.75) is 6.92 Å². The first-order valence-corrected chi connectivity index (χ1v) is 9.39. The van der Waals surface area contributed by atoms with Gasteiger partial charge in [-0.25, -0.2) is 5.43 Å². The molecule has 0 spiro atoms. The predicted octanol–water partition coefficient (Wildman–Crippen LogP) is 5.92. The van der Waals surface area contributed by atoms with Crippen molar-refractivity contribution >= 4 is 73.5 Å². The van der Waals surface area contributed by atoms with Crippen molar-refractivity contribution < 1.29 is 9.72 Å². The number of carbonyl (C=O) groups is 1. The molecule has 1 N–H and O–H groups in total. The molecule has 0 aliphatic rings. The van der Waals surface area contributed by atoms with Crippen LogP contribution in [0.15, 0.2) is 41.5 Å². The molecule has 0 aliphatic heterocycles. The van der Waals surface area contributed by atoms with Crippen LogP contribution in [0.25, 0.3) is 10.1 Å². The molecule has 6 nitrogen and oxygen atoms in total. The smallest absolute Gasteiger partial charge is 0.266 e. The van der Waals surface area contributed by atoms with E-state index in [-0.39, 0.29) is 10.7 Å². The molecule has 138 valence electrons. The summed E-state index contributed by atoms with van der Waals surface area (Å²) in [6, 6.07) is 9.44. The molecule has 27 heavy (non-hydrogen) atoms. The summed E-state index contributed by atoms with van der Waals surface area (Å²) in [6.07, 6.45) is 0. The van der Waals surface area contributed by atoms with E-state index in [0.29, 0.717) is 26.2 Å². The SMILES string of the molecule is C/C(=N\NC(=O)c1sc2cc(Cl)ccc2c1Cl)c1ccc(Cl)c([N+](=O)[O-])c1. The maximum atomic E-state index is 12.4. The van der Waals surface area contributed by atoms with Crippen LogP contribution in [-0.2, 0) is 0 Å². The van der Waals surface area contributed by atoms with E-state index >= 15 is 0 Å². The Bertz CT molecular complexity index is 1110. The van der Waals surface area contributed by atoms with Gasteiger partial charge in [-0.1, -0.05) is 46.9 Å². The number of nitrogens with zero attached hydrogens (tertiary/aromatic N) is 2. The van der Waals surface area contributed by atoms with Crippen molar-refractivity contribution in [3.8, 4) is 0 Å². The number of carbonyl (C=O) groups excluding carboxylic acids is 1. The van der Waals surface area contributed by atoms with Crippen LogP contribution in [0.3, 0.4) is 0 Å². The molecule has 0 bridgehead atoms. The molecule has 0 fully saturated rings. The third-order valence-corrected chi connectivity index (χ3v) is 5.89. The van der Waals surface area contributed by atoms with Crippen molar-refractivity contribution in [2.75, 3.05) is 0 Å². The minimum absolute atomic E-state index is 0.0244. The van der Waals surface area contributed by atoms with Crippen LogP contribution in [0, 0.1) is 10.1 Å². The number of rotatable bonds is 4. The summed E-state index contributed by atoms with van der Waals surface area (Å²) in [7, 11) is 0. The highest BCUT2D eigenvalue weighted by Gasteiger charge is 2.18. The second kappa shape index (κ2) is 7.82. The zero-order chi connectivity index (χ0) is 19.7. The Hall–Kier alpha value is -2.19. The molecule has 0 atom stereocenters. The van der Waals surface area contributed by atoms with Crippen molar-refractivity contribution in [3.05, 3.63) is 72.0 Å². The fraction of sp³-hybridized carbons (Fsp3) is 0.0588. The second-order valence-corrected chi connectivity index (χ2v) is 7.72. The highest BCUT2D eigenvalue weighted by Crippen LogP contribution is 2.36. The Balaban J connectivity index is 1.85. The van der Waals surface area contributed by atoms with Gasteiger partial charge in [0.05, 0.1) is 15.7 Å². The number of thiophene rings is 1. The van der Waals surface area contributed by atoms with E-state index < -0.39 is 10.8 Å². The summed E-state index contributed by atoms with van der Waals surface area (Å²) in [5.74, 6) is -0.486. The number of nitro groups is 1. The Morgan fingerprint density at radius 1 is 1.19 bits per heavy atom. The lowest BCUT2D eigenvalue weighted by Crippen LogP contribution is -2.18. The largest absolute Gasteiger partial charge is 0.288 e. The Labute approximate surface area is 172 Å². The van der Waals surface area contributed by atoms with E-state index in [9.17, 15) is 14.9 Å². The Kier molecular flexibility index (Phi) is 5.67. The maximum Gasteiger partial charge on any atom is 0.288 e. The van der Waals surface area contributed by atoms with E-state index in [0.717, 1.165) is 10.1 Å². The van der Waals surface area contributed by atoms with Gasteiger partial charge in [0.25, 0.3) is 11.6 Å². The van der Waals surface area contributed by atoms with Gasteiger partial charge in [0.2, 0.25) is 0 Å². The maximum absolute atomic E-state index is 12.4. The molecule has 1 amide bonds. The van der Waals surface area contributed by atoms with Gasteiger partial charge in [-0.15, -0.1) is 11.3 Å². The lowest BCUT2D eigenvalue weighted by Gasteiger charge is -2.03. The first kappa shape index (κ1) is 19.6. The lowest BCUT2D eigenvalue weighted by atomic mass is 10.1. The fourth-order valence-electron chi connectivity index (χ4n) is 2.31. The van der Waals surface area contributed by atoms with Gasteiger partial charge in [0, 0.05) is 26.7 Å². The highest BCUT2D eigenvalue weighted by atomic mass is 35.5. The van der Waals surface area contributed by atoms with Gasteiger partial charge >= 0.3 is 0 Å². The molecule has 2 aromatic carbocycles. The first-order valence-electron chi connectivity index (χ1n) is 7.44. The van der Waals surface area contributed by atoms with Gasteiger partial charge in [-0.05, 0) is 25.1 Å². The number of hydrogen-bond acceptors (Lipinski definition) is 5. The molecule has 0 radical (unpaired) electrons. The van der Waals surface area contributed by atoms with E-state index in [4.69, 9.17) is 34.8 Å². The molecule has 1 heterocycles. The minimum Gasteiger partial charge on any atom is -0.266 e. The number of nitro benzene ring substituents is 1. The van der Waals surface area contributed by atoms with Gasteiger partial charge in [-0.3, -0.25) is 14.9 Å². The standard InChI is InChI=1S/C17H10Cl3N3O3S/c1-8(9-2-5-12(19)13(6-9)23(25)26)21-22-17(24)16-15(20)11-4-3-10(18)7-14(11)27-16/h2-7H,1H3,(H,22,24)/b21-8+. The van der Waals surface area contributed by atoms with E-state index in [1.807, 2.05) is 0 Å². The number of halogens is 3. The van der Waals surface area contributed by atoms with Crippen LogP contribution in [-0.4, -0.2) is 16.5 Å². The van der Waals surface area contributed by atoms with Gasteiger partial charge in [0.1, 0.15) is 9.90 Å². The van der Waals surface area contributed by atoms with Crippen LogP contribution < -0.4 is 5.43 Å². The number of amides is 1. The third-order valence-electron chi connectivity index (χ3n) is 3.68. The Morgan fingerprint density at radius 3 is 2.63 bits per heavy atom. The molecule has 1 aromatic heterocycles. The number of fused-ring (bicyclic) bond motifs is 1.